The van der Waals surface area contributed by atoms with Crippen molar-refractivity contribution >= 4 is 0 Å². The van der Waals surface area contributed by atoms with E-state index in [-0.39, 0.29) is 11.5 Å². The second kappa shape index (κ2) is 4.05. The number of nitrogens with one attached hydrogen (secondary N) is 1. The summed E-state index contributed by atoms with van der Waals surface area (Å²) in [5.74, 6) is 1.21. The third-order valence-corrected chi connectivity index (χ3v) is 3.46. The highest BCUT2D eigenvalue weighted by molar-refractivity contribution is 5.48. The minimum Gasteiger partial charge on any atom is -0.486 e. The lowest BCUT2D eigenvalue weighted by molar-refractivity contribution is 0.120. The Morgan fingerprint density at radius 1 is 1.37 bits per heavy atom. The van der Waals surface area contributed by atoms with Crippen LogP contribution in [0.25, 0.3) is 0 Å². The van der Waals surface area contributed by atoms with Crippen LogP contribution in [0, 0.1) is 0 Å². The Hall–Kier alpha value is -1.91. The molecule has 1 N–H and O–H groups in total. The number of nitrogens with zero attached hydrogens (tertiary/aromatic N) is 1. The average molecular weight is 264 g/mol. The highest BCUT2D eigenvalue weighted by Gasteiger charge is 2.43. The molecule has 0 spiro atoms. The maximum atomic E-state index is 12.8. The minimum absolute atomic E-state index is 0.0107. The van der Waals surface area contributed by atoms with Crippen LogP contribution in [0.1, 0.15) is 43.1 Å². The van der Waals surface area contributed by atoms with E-state index in [4.69, 9.17) is 4.74 Å². The van der Waals surface area contributed by atoms with Gasteiger partial charge in [-0.15, -0.1) is 0 Å². The lowest BCUT2D eigenvalue weighted by Crippen LogP contribution is -2.31. The molecule has 100 valence electrons. The topological polar surface area (TPSA) is 37.9 Å². The molecule has 0 amide bonds. The number of benzene rings is 1. The highest BCUT2D eigenvalue weighted by atomic mass is 19.3. The van der Waals surface area contributed by atoms with Crippen LogP contribution >= 0.6 is 0 Å². The maximum absolute atomic E-state index is 12.8. The van der Waals surface area contributed by atoms with Crippen molar-refractivity contribution in [1.82, 2.24) is 9.97 Å². The van der Waals surface area contributed by atoms with Crippen LogP contribution in [-0.2, 0) is 0 Å². The maximum Gasteiger partial charge on any atom is 0.263 e. The van der Waals surface area contributed by atoms with Gasteiger partial charge in [0.25, 0.3) is 6.43 Å². The van der Waals surface area contributed by atoms with Crippen molar-refractivity contribution in [3.05, 3.63) is 47.5 Å². The van der Waals surface area contributed by atoms with E-state index in [1.54, 1.807) is 18.5 Å². The van der Waals surface area contributed by atoms with E-state index < -0.39 is 12.0 Å². The number of imidazole rings is 1. The first-order valence-corrected chi connectivity index (χ1v) is 6.09. The summed E-state index contributed by atoms with van der Waals surface area (Å²) in [6, 6.07) is 4.54. The first kappa shape index (κ1) is 12.1. The monoisotopic (exact) mass is 264 g/mol. The summed E-state index contributed by atoms with van der Waals surface area (Å²) in [4.78, 5) is 7.29. The number of aromatic amines is 1. The van der Waals surface area contributed by atoms with Crippen LogP contribution in [0.2, 0.25) is 0 Å². The summed E-state index contributed by atoms with van der Waals surface area (Å²) in [6.07, 6.45) is 0.895. The highest BCUT2D eigenvalue weighted by Crippen LogP contribution is 2.47. The molecule has 1 aromatic carbocycles. The van der Waals surface area contributed by atoms with Crippen LogP contribution in [0.15, 0.2) is 30.6 Å². The first-order chi connectivity index (χ1) is 8.99. The van der Waals surface area contributed by atoms with Gasteiger partial charge in [-0.1, -0.05) is 0 Å². The SMILES string of the molecule is CC1(C)Oc2ccc(C(F)F)cc2C1c1ncc[nH]1. The van der Waals surface area contributed by atoms with E-state index in [2.05, 4.69) is 9.97 Å². The minimum atomic E-state index is -2.48. The second-order valence-electron chi connectivity index (χ2n) is 5.21. The number of H-pyrrole nitrogens is 1. The molecule has 0 saturated heterocycles. The molecule has 2 heterocycles. The van der Waals surface area contributed by atoms with Crippen molar-refractivity contribution in [2.45, 2.75) is 31.8 Å². The van der Waals surface area contributed by atoms with Crippen LogP contribution in [0.3, 0.4) is 0 Å². The van der Waals surface area contributed by atoms with Crippen molar-refractivity contribution in [2.75, 3.05) is 0 Å². The molecule has 0 bridgehead atoms. The normalized spacial score (nSPS) is 20.4. The lowest BCUT2D eigenvalue weighted by Gasteiger charge is -2.24. The Balaban J connectivity index is 2.13. The number of fused-ring (bicyclic) bond motifs is 1. The van der Waals surface area contributed by atoms with Crippen molar-refractivity contribution in [2.24, 2.45) is 0 Å². The number of ether oxygens (including phenoxy) is 1. The van der Waals surface area contributed by atoms with Gasteiger partial charge in [0, 0.05) is 23.5 Å². The largest absolute Gasteiger partial charge is 0.486 e. The fourth-order valence-corrected chi connectivity index (χ4v) is 2.65. The van der Waals surface area contributed by atoms with E-state index in [0.717, 1.165) is 11.4 Å². The van der Waals surface area contributed by atoms with Crippen LogP contribution in [0.5, 0.6) is 5.75 Å². The zero-order valence-electron chi connectivity index (χ0n) is 10.7. The number of halogens is 2. The van der Waals surface area contributed by atoms with Crippen LogP contribution < -0.4 is 4.74 Å². The van der Waals surface area contributed by atoms with Gasteiger partial charge in [0.1, 0.15) is 17.2 Å². The van der Waals surface area contributed by atoms with Crippen molar-refractivity contribution in [3.63, 3.8) is 0 Å². The zero-order chi connectivity index (χ0) is 13.6. The van der Waals surface area contributed by atoms with E-state index in [1.807, 2.05) is 13.8 Å². The fourth-order valence-electron chi connectivity index (χ4n) is 2.65. The summed E-state index contributed by atoms with van der Waals surface area (Å²) < 4.78 is 31.5. The molecule has 0 radical (unpaired) electrons. The molecule has 1 aromatic heterocycles. The van der Waals surface area contributed by atoms with E-state index in [0.29, 0.717) is 5.75 Å². The van der Waals surface area contributed by atoms with Crippen molar-refractivity contribution in [3.8, 4) is 5.75 Å². The Kier molecular flexibility index (Phi) is 2.59. The molecule has 1 atom stereocenters. The molecule has 3 rings (SSSR count). The summed E-state index contributed by atoms with van der Waals surface area (Å²) in [6.45, 7) is 3.87. The molecule has 1 aliphatic rings. The first-order valence-electron chi connectivity index (χ1n) is 6.09. The smallest absolute Gasteiger partial charge is 0.263 e. The second-order valence-corrected chi connectivity index (χ2v) is 5.21. The third kappa shape index (κ3) is 1.89. The molecule has 1 unspecified atom stereocenters. The predicted molar refractivity (Wildman–Crippen MR) is 66.5 cm³/mol. The molecule has 19 heavy (non-hydrogen) atoms. The number of aromatic nitrogens is 2. The summed E-state index contributed by atoms with van der Waals surface area (Å²) in [5.41, 5.74) is 0.260. The fraction of sp³-hybridized carbons (Fsp3) is 0.357. The summed E-state index contributed by atoms with van der Waals surface area (Å²) >= 11 is 0. The van der Waals surface area contributed by atoms with Gasteiger partial charge in [-0.25, -0.2) is 13.8 Å². The summed E-state index contributed by atoms with van der Waals surface area (Å²) in [7, 11) is 0. The standard InChI is InChI=1S/C14H14F2N2O/c1-14(2)11(13-17-5-6-18-13)9-7-8(12(15)16)3-4-10(9)19-14/h3-7,11-12H,1-2H3,(H,17,18). The molecule has 0 aliphatic carbocycles. The van der Waals surface area contributed by atoms with Crippen molar-refractivity contribution < 1.29 is 13.5 Å². The number of rotatable bonds is 2. The van der Waals surface area contributed by atoms with E-state index in [1.165, 1.54) is 12.1 Å². The van der Waals surface area contributed by atoms with Gasteiger partial charge in [-0.05, 0) is 32.0 Å². The van der Waals surface area contributed by atoms with Gasteiger partial charge >= 0.3 is 0 Å². The average Bonchev–Trinajstić information content (AvgIpc) is 2.91. The quantitative estimate of drug-likeness (QED) is 0.899. The van der Waals surface area contributed by atoms with E-state index in [9.17, 15) is 8.78 Å². The zero-order valence-corrected chi connectivity index (χ0v) is 10.7. The van der Waals surface area contributed by atoms with Gasteiger partial charge in [-0.3, -0.25) is 0 Å². The summed E-state index contributed by atoms with van der Waals surface area (Å²) in [5, 5.41) is 0. The van der Waals surface area contributed by atoms with Crippen LogP contribution in [-0.4, -0.2) is 15.6 Å². The van der Waals surface area contributed by atoms with Gasteiger partial charge in [0.15, 0.2) is 0 Å². The Bertz CT molecular complexity index is 593. The van der Waals surface area contributed by atoms with Gasteiger partial charge in [0.05, 0.1) is 5.92 Å². The van der Waals surface area contributed by atoms with Crippen molar-refractivity contribution in [1.29, 1.82) is 0 Å². The Labute approximate surface area is 109 Å². The predicted octanol–water partition coefficient (Wildman–Crippen LogP) is 3.65. The molecular formula is C14H14F2N2O. The van der Waals surface area contributed by atoms with Crippen LogP contribution in [0.4, 0.5) is 8.78 Å². The van der Waals surface area contributed by atoms with Gasteiger partial charge in [0.2, 0.25) is 0 Å². The number of hydrogen-bond donors (Lipinski definition) is 1. The molecule has 1 aliphatic heterocycles. The molecule has 0 fully saturated rings. The molecule has 2 aromatic rings. The lowest BCUT2D eigenvalue weighted by atomic mass is 9.86. The van der Waals surface area contributed by atoms with Gasteiger partial charge in [-0.2, -0.15) is 0 Å². The molecule has 3 nitrogen and oxygen atoms in total. The molecule has 0 saturated carbocycles. The number of hydrogen-bond acceptors (Lipinski definition) is 2. The third-order valence-electron chi connectivity index (χ3n) is 3.46. The Morgan fingerprint density at radius 3 is 2.79 bits per heavy atom. The van der Waals surface area contributed by atoms with Gasteiger partial charge < -0.3 is 9.72 Å². The molecular weight excluding hydrogens is 250 g/mol. The molecule has 5 heteroatoms. The number of alkyl halides is 2. The Morgan fingerprint density at radius 2 is 2.16 bits per heavy atom. The van der Waals surface area contributed by atoms with E-state index >= 15 is 0 Å².